The van der Waals surface area contributed by atoms with E-state index in [0.29, 0.717) is 167 Å². The molecule has 0 amide bonds. The van der Waals surface area contributed by atoms with Gasteiger partial charge < -0.3 is 56.8 Å². The predicted molar refractivity (Wildman–Crippen MR) is 272 cm³/mol. The third-order valence-electron chi connectivity index (χ3n) is 12.2. The summed E-state index contributed by atoms with van der Waals surface area (Å²) in [6.07, 6.45) is 2.19. The quantitative estimate of drug-likeness (QED) is 0.134. The van der Waals surface area contributed by atoms with Crippen molar-refractivity contribution >= 4 is 11.4 Å². The minimum atomic E-state index is 0.306. The zero-order valence-corrected chi connectivity index (χ0v) is 40.9. The Morgan fingerprint density at radius 1 is 0.222 bits per heavy atom. The van der Waals surface area contributed by atoms with E-state index in [1.54, 1.807) is 0 Å². The van der Waals surface area contributed by atoms with Crippen LogP contribution in [0.3, 0.4) is 0 Å². The number of azo groups is 1. The van der Waals surface area contributed by atoms with Crippen molar-refractivity contribution in [2.24, 2.45) is 10.2 Å². The molecule has 0 aromatic heterocycles. The van der Waals surface area contributed by atoms with Gasteiger partial charge in [-0.15, -0.1) is 10.2 Å². The highest BCUT2D eigenvalue weighted by molar-refractivity contribution is 5.57. The van der Waals surface area contributed by atoms with E-state index in [4.69, 9.17) is 56.8 Å². The molecule has 3 aliphatic heterocycles. The van der Waals surface area contributed by atoms with Gasteiger partial charge in [-0.3, -0.25) is 0 Å². The lowest BCUT2D eigenvalue weighted by Gasteiger charge is -2.23. The zero-order valence-electron chi connectivity index (χ0n) is 40.9. The zero-order chi connectivity index (χ0) is 48.8. The fourth-order valence-corrected chi connectivity index (χ4v) is 8.86. The van der Waals surface area contributed by atoms with E-state index in [9.17, 15) is 0 Å². The van der Waals surface area contributed by atoms with E-state index >= 15 is 0 Å². The van der Waals surface area contributed by atoms with Gasteiger partial charge in [-0.25, -0.2) is 0 Å². The van der Waals surface area contributed by atoms with Gasteiger partial charge in [0.2, 0.25) is 0 Å². The number of rotatable bonds is 0. The molecule has 0 atom stereocenters. The van der Waals surface area contributed by atoms with Crippen molar-refractivity contribution in [1.29, 1.82) is 0 Å². The standard InChI is InChI=1S/C58H64N2O12/c1-3-19-53-51(17-1)59-60-52-18-2-4-20-54(52)68-34-28-66-32-38-72-58-49-15-8-16-50(58)42-46-12-6-10-44-40-48-14-7-13-47(57(48)71-37-31-65-27-33-67-53)39-43-9-5-11-45(41-49)55(43)69-35-29-63-25-23-61-21-22-62-24-26-64-30-36-70-56(44)46/h1-20H,21-42H2. The van der Waals surface area contributed by atoms with Crippen molar-refractivity contribution < 1.29 is 56.8 Å². The van der Waals surface area contributed by atoms with Crippen LogP contribution in [0.5, 0.6) is 34.5 Å². The third kappa shape index (κ3) is 14.3. The molecule has 4 aliphatic rings. The molecule has 3 heterocycles. The summed E-state index contributed by atoms with van der Waals surface area (Å²) in [5.41, 5.74) is 9.36. The number of ether oxygens (including phenoxy) is 12. The maximum Gasteiger partial charge on any atom is 0.146 e. The number of hydrogen-bond acceptors (Lipinski definition) is 14. The molecule has 14 heteroatoms. The Labute approximate surface area is 422 Å². The Balaban J connectivity index is 1.09. The molecule has 14 nitrogen and oxygen atoms in total. The summed E-state index contributed by atoms with van der Waals surface area (Å²) < 4.78 is 75.3. The molecule has 72 heavy (non-hydrogen) atoms. The summed E-state index contributed by atoms with van der Waals surface area (Å²) in [6, 6.07) is 40.6. The van der Waals surface area contributed by atoms with Crippen molar-refractivity contribution in [3.8, 4) is 34.5 Å². The maximum absolute atomic E-state index is 6.82. The SMILES string of the molecule is c1cc2c3c(c1)Cc1cccc4c1OCCOCCOc1ccccc1N=Nc1ccccc1OCCOCCOc1c(cccc1Cc1cccc(c1OCCOCCOCCOCCOCCO3)C4)C2. The summed E-state index contributed by atoms with van der Waals surface area (Å²) in [4.78, 5) is 0. The molecule has 10 rings (SSSR count). The largest absolute Gasteiger partial charge is 0.491 e. The van der Waals surface area contributed by atoms with E-state index < -0.39 is 0 Å². The number of hydrogen-bond donors (Lipinski definition) is 0. The van der Waals surface area contributed by atoms with Crippen LogP contribution in [-0.2, 0) is 54.1 Å². The molecule has 0 fully saturated rings. The average molecular weight is 981 g/mol. The molecular weight excluding hydrogens is 917 g/mol. The highest BCUT2D eigenvalue weighted by Gasteiger charge is 2.22. The smallest absolute Gasteiger partial charge is 0.146 e. The van der Waals surface area contributed by atoms with Crippen LogP contribution in [0.15, 0.2) is 132 Å². The second kappa shape index (κ2) is 27.3. The molecule has 6 aromatic carbocycles. The van der Waals surface area contributed by atoms with Gasteiger partial charge in [0.05, 0.1) is 79.3 Å². The Morgan fingerprint density at radius 2 is 0.444 bits per heavy atom. The van der Waals surface area contributed by atoms with Gasteiger partial charge in [0.15, 0.2) is 0 Å². The molecule has 378 valence electrons. The predicted octanol–water partition coefficient (Wildman–Crippen LogP) is 9.88. The molecule has 0 N–H and O–H groups in total. The van der Waals surface area contributed by atoms with Gasteiger partial charge in [0, 0.05) is 25.7 Å². The Kier molecular flexibility index (Phi) is 19.1. The lowest BCUT2D eigenvalue weighted by atomic mass is 9.91. The second-order valence-corrected chi connectivity index (χ2v) is 17.2. The van der Waals surface area contributed by atoms with Crippen LogP contribution in [-0.4, -0.2) is 119 Å². The normalized spacial score (nSPS) is 17.3. The molecule has 0 saturated heterocycles. The van der Waals surface area contributed by atoms with Gasteiger partial charge in [0.1, 0.15) is 85.5 Å². The van der Waals surface area contributed by atoms with E-state index in [0.717, 1.165) is 67.5 Å². The van der Waals surface area contributed by atoms with Crippen LogP contribution in [0.1, 0.15) is 44.5 Å². The monoisotopic (exact) mass is 980 g/mol. The number of fused-ring (bicyclic) bond motifs is 12. The fourth-order valence-electron chi connectivity index (χ4n) is 8.86. The van der Waals surface area contributed by atoms with Crippen LogP contribution >= 0.6 is 0 Å². The summed E-state index contributed by atoms with van der Waals surface area (Å²) in [6.45, 7) is 6.80. The second-order valence-electron chi connectivity index (χ2n) is 17.2. The van der Waals surface area contributed by atoms with Crippen molar-refractivity contribution in [1.82, 2.24) is 0 Å². The highest BCUT2D eigenvalue weighted by Crippen LogP contribution is 2.39. The molecular formula is C58H64N2O12. The number of para-hydroxylation sites is 6. The first-order valence-electron chi connectivity index (χ1n) is 25.0. The molecule has 6 aromatic rings. The van der Waals surface area contributed by atoms with Gasteiger partial charge in [-0.2, -0.15) is 0 Å². The first-order valence-corrected chi connectivity index (χ1v) is 25.0. The summed E-state index contributed by atoms with van der Waals surface area (Å²) >= 11 is 0. The first-order chi connectivity index (χ1) is 35.8. The fraction of sp³-hybridized carbons (Fsp3) is 0.379. The van der Waals surface area contributed by atoms with Crippen LogP contribution < -0.4 is 28.4 Å². The molecule has 0 unspecified atom stereocenters. The summed E-state index contributed by atoms with van der Waals surface area (Å²) in [5, 5.41) is 9.08. The average Bonchev–Trinajstić information content (AvgIpc) is 3.39. The number of benzene rings is 6. The van der Waals surface area contributed by atoms with Crippen LogP contribution in [0.4, 0.5) is 11.4 Å². The molecule has 12 bridgehead atoms. The first kappa shape index (κ1) is 50.4. The van der Waals surface area contributed by atoms with E-state index in [1.807, 2.05) is 48.5 Å². The Bertz CT molecular complexity index is 2410. The van der Waals surface area contributed by atoms with E-state index in [-0.39, 0.29) is 0 Å². The van der Waals surface area contributed by atoms with Crippen LogP contribution in [0.25, 0.3) is 0 Å². The van der Waals surface area contributed by atoms with Crippen molar-refractivity contribution in [3.63, 3.8) is 0 Å². The minimum Gasteiger partial charge on any atom is -0.491 e. The molecule has 0 radical (unpaired) electrons. The highest BCUT2D eigenvalue weighted by atomic mass is 16.6. The third-order valence-corrected chi connectivity index (χ3v) is 12.2. The van der Waals surface area contributed by atoms with Crippen molar-refractivity contribution in [2.45, 2.75) is 25.7 Å². The van der Waals surface area contributed by atoms with Crippen LogP contribution in [0, 0.1) is 0 Å². The minimum absolute atomic E-state index is 0.306. The lowest BCUT2D eigenvalue weighted by molar-refractivity contribution is -0.00706. The van der Waals surface area contributed by atoms with Gasteiger partial charge in [0.25, 0.3) is 0 Å². The molecule has 0 saturated carbocycles. The van der Waals surface area contributed by atoms with Crippen molar-refractivity contribution in [2.75, 3.05) is 119 Å². The van der Waals surface area contributed by atoms with Gasteiger partial charge in [-0.05, 0) is 68.8 Å². The summed E-state index contributed by atoms with van der Waals surface area (Å²) in [5.74, 6) is 4.40. The van der Waals surface area contributed by atoms with E-state index in [1.165, 1.54) is 0 Å². The Morgan fingerprint density at radius 3 is 0.708 bits per heavy atom. The Hall–Kier alpha value is -6.52. The summed E-state index contributed by atoms with van der Waals surface area (Å²) in [7, 11) is 0. The topological polar surface area (TPSA) is 135 Å². The van der Waals surface area contributed by atoms with Crippen LogP contribution in [0.2, 0.25) is 0 Å². The van der Waals surface area contributed by atoms with Gasteiger partial charge in [-0.1, -0.05) is 97.1 Å². The van der Waals surface area contributed by atoms with Crippen molar-refractivity contribution in [3.05, 3.63) is 166 Å². The van der Waals surface area contributed by atoms with Gasteiger partial charge >= 0.3 is 0 Å². The maximum atomic E-state index is 6.82. The number of nitrogens with zero attached hydrogens (tertiary/aromatic N) is 2. The molecule has 1 aliphatic carbocycles. The lowest BCUT2D eigenvalue weighted by Crippen LogP contribution is -2.15. The van der Waals surface area contributed by atoms with E-state index in [2.05, 4.69) is 83.0 Å². The molecule has 0 spiro atoms.